The normalized spacial score (nSPS) is 18.3. The molecule has 9 heteroatoms. The van der Waals surface area contributed by atoms with Crippen LogP contribution in [-0.2, 0) is 0 Å². The van der Waals surface area contributed by atoms with Crippen molar-refractivity contribution in [3.05, 3.63) is 41.9 Å². The van der Waals surface area contributed by atoms with Crippen molar-refractivity contribution in [3.8, 4) is 11.5 Å². The highest BCUT2D eigenvalue weighted by Crippen LogP contribution is 2.34. The third-order valence-electron chi connectivity index (χ3n) is 4.72. The van der Waals surface area contributed by atoms with Crippen molar-refractivity contribution in [2.45, 2.75) is 31.8 Å². The highest BCUT2D eigenvalue weighted by Gasteiger charge is 2.24. The summed E-state index contributed by atoms with van der Waals surface area (Å²) in [6, 6.07) is 6.70. The van der Waals surface area contributed by atoms with Gasteiger partial charge in [0.1, 0.15) is 0 Å². The summed E-state index contributed by atoms with van der Waals surface area (Å²) in [5.74, 6) is 0.219. The van der Waals surface area contributed by atoms with Crippen LogP contribution in [0.2, 0.25) is 0 Å². The van der Waals surface area contributed by atoms with Crippen molar-refractivity contribution >= 4 is 29.9 Å². The number of carbonyl (C=O) groups excluding carboxylic acids is 2. The van der Waals surface area contributed by atoms with Crippen LogP contribution in [0.1, 0.15) is 40.7 Å². The third kappa shape index (κ3) is 5.42. The molecule has 2 heterocycles. The maximum Gasteiger partial charge on any atom is 0.291 e. The van der Waals surface area contributed by atoms with E-state index in [0.29, 0.717) is 28.8 Å². The zero-order valence-electron chi connectivity index (χ0n) is 16.6. The van der Waals surface area contributed by atoms with E-state index in [9.17, 15) is 9.59 Å². The van der Waals surface area contributed by atoms with Gasteiger partial charge in [-0.15, -0.1) is 12.4 Å². The van der Waals surface area contributed by atoms with Crippen molar-refractivity contribution in [3.63, 3.8) is 0 Å². The van der Waals surface area contributed by atoms with E-state index in [0.717, 1.165) is 19.4 Å². The van der Waals surface area contributed by atoms with E-state index >= 15 is 0 Å². The number of hydrogen-bond donors (Lipinski definition) is 3. The van der Waals surface area contributed by atoms with E-state index in [1.165, 1.54) is 20.5 Å². The third-order valence-corrected chi connectivity index (χ3v) is 4.72. The Labute approximate surface area is 175 Å². The molecule has 1 saturated heterocycles. The van der Waals surface area contributed by atoms with Crippen LogP contribution in [0.5, 0.6) is 11.5 Å². The number of anilines is 1. The standard InChI is InChI=1S/C20H25N3O5.ClH/c1-12-9-13(6-7-21-12)22-19(24)14-10-17(26-2)18(27-3)11-15(14)23-20(25)16-5-4-8-28-16;/h4-5,8,10-13,21H,6-7,9H2,1-3H3,(H,22,24)(H,23,25);1H. The predicted octanol–water partition coefficient (Wildman–Crippen LogP) is 2.84. The average Bonchev–Trinajstić information content (AvgIpc) is 3.22. The molecule has 0 bridgehead atoms. The first-order valence-corrected chi connectivity index (χ1v) is 9.17. The molecule has 2 unspecified atom stereocenters. The first-order valence-electron chi connectivity index (χ1n) is 9.17. The van der Waals surface area contributed by atoms with E-state index in [-0.39, 0.29) is 30.1 Å². The van der Waals surface area contributed by atoms with Gasteiger partial charge in [0, 0.05) is 18.2 Å². The SMILES string of the molecule is COc1cc(NC(=O)c2ccco2)c(C(=O)NC2CCNC(C)C2)cc1OC.Cl. The van der Waals surface area contributed by atoms with Gasteiger partial charge in [-0.25, -0.2) is 0 Å². The number of benzene rings is 1. The Balaban J connectivity index is 0.00000300. The van der Waals surface area contributed by atoms with Gasteiger partial charge in [0.2, 0.25) is 0 Å². The number of hydrogen-bond acceptors (Lipinski definition) is 6. The molecule has 2 aromatic rings. The molecule has 1 aromatic heterocycles. The van der Waals surface area contributed by atoms with Crippen LogP contribution in [0, 0.1) is 0 Å². The van der Waals surface area contributed by atoms with E-state index in [4.69, 9.17) is 13.9 Å². The van der Waals surface area contributed by atoms with Crippen LogP contribution in [0.15, 0.2) is 34.9 Å². The molecule has 1 aromatic carbocycles. The molecule has 1 aliphatic rings. The Kier molecular flexibility index (Phi) is 7.92. The van der Waals surface area contributed by atoms with E-state index in [1.807, 2.05) is 0 Å². The molecular weight excluding hydrogens is 398 g/mol. The fraction of sp³-hybridized carbons (Fsp3) is 0.400. The maximum absolute atomic E-state index is 13.0. The molecule has 0 aliphatic carbocycles. The number of halogens is 1. The number of ether oxygens (including phenoxy) is 2. The number of carbonyl (C=O) groups is 2. The van der Waals surface area contributed by atoms with Crippen LogP contribution >= 0.6 is 12.4 Å². The summed E-state index contributed by atoms with van der Waals surface area (Å²) in [4.78, 5) is 25.4. The number of furan rings is 1. The minimum Gasteiger partial charge on any atom is -0.493 e. The Hall–Kier alpha value is -2.71. The highest BCUT2D eigenvalue weighted by atomic mass is 35.5. The first kappa shape index (κ1) is 22.6. The quantitative estimate of drug-likeness (QED) is 0.660. The molecule has 158 valence electrons. The zero-order valence-corrected chi connectivity index (χ0v) is 17.4. The van der Waals surface area contributed by atoms with Crippen molar-refractivity contribution in [1.82, 2.24) is 10.6 Å². The van der Waals surface area contributed by atoms with Crippen LogP contribution in [0.4, 0.5) is 5.69 Å². The average molecular weight is 424 g/mol. The van der Waals surface area contributed by atoms with Crippen molar-refractivity contribution in [2.75, 3.05) is 26.1 Å². The van der Waals surface area contributed by atoms with Crippen molar-refractivity contribution in [2.24, 2.45) is 0 Å². The molecule has 0 radical (unpaired) electrons. The van der Waals surface area contributed by atoms with Gasteiger partial charge in [-0.3, -0.25) is 9.59 Å². The van der Waals surface area contributed by atoms with Gasteiger partial charge < -0.3 is 29.8 Å². The van der Waals surface area contributed by atoms with Crippen molar-refractivity contribution in [1.29, 1.82) is 0 Å². The van der Waals surface area contributed by atoms with E-state index in [2.05, 4.69) is 22.9 Å². The minimum absolute atomic E-state index is 0. The summed E-state index contributed by atoms with van der Waals surface area (Å²) in [6.45, 7) is 2.93. The highest BCUT2D eigenvalue weighted by molar-refractivity contribution is 6.08. The summed E-state index contributed by atoms with van der Waals surface area (Å²) in [6.07, 6.45) is 3.10. The largest absolute Gasteiger partial charge is 0.493 e. The summed E-state index contributed by atoms with van der Waals surface area (Å²) < 4.78 is 15.8. The number of methoxy groups -OCH3 is 2. The number of rotatable bonds is 6. The maximum atomic E-state index is 13.0. The van der Waals surface area contributed by atoms with Crippen LogP contribution in [0.25, 0.3) is 0 Å². The molecule has 1 aliphatic heterocycles. The molecule has 0 spiro atoms. The first-order chi connectivity index (χ1) is 13.5. The smallest absolute Gasteiger partial charge is 0.291 e. The molecule has 3 N–H and O–H groups in total. The number of amides is 2. The van der Waals surface area contributed by atoms with Crippen molar-refractivity contribution < 1.29 is 23.5 Å². The lowest BCUT2D eigenvalue weighted by molar-refractivity contribution is 0.0926. The Bertz CT molecular complexity index is 841. The lowest BCUT2D eigenvalue weighted by Gasteiger charge is -2.29. The second kappa shape index (κ2) is 10.2. The van der Waals surface area contributed by atoms with Gasteiger partial charge in [-0.1, -0.05) is 0 Å². The van der Waals surface area contributed by atoms with Crippen LogP contribution < -0.4 is 25.4 Å². The zero-order chi connectivity index (χ0) is 20.1. The summed E-state index contributed by atoms with van der Waals surface area (Å²) >= 11 is 0. The number of nitrogens with one attached hydrogen (secondary N) is 3. The lowest BCUT2D eigenvalue weighted by atomic mass is 10.00. The second-order valence-corrected chi connectivity index (χ2v) is 6.73. The molecule has 2 amide bonds. The molecule has 8 nitrogen and oxygen atoms in total. The molecule has 29 heavy (non-hydrogen) atoms. The molecule has 2 atom stereocenters. The summed E-state index contributed by atoms with van der Waals surface area (Å²) in [5, 5.41) is 9.13. The molecule has 3 rings (SSSR count). The number of piperidine rings is 1. The lowest BCUT2D eigenvalue weighted by Crippen LogP contribution is -2.46. The van der Waals surface area contributed by atoms with Gasteiger partial charge in [0.15, 0.2) is 17.3 Å². The second-order valence-electron chi connectivity index (χ2n) is 6.73. The van der Waals surface area contributed by atoms with Gasteiger partial charge in [0.25, 0.3) is 11.8 Å². The fourth-order valence-electron chi connectivity index (χ4n) is 3.29. The minimum atomic E-state index is -0.457. The van der Waals surface area contributed by atoms with Crippen LogP contribution in [-0.4, -0.2) is 44.7 Å². The van der Waals surface area contributed by atoms with E-state index < -0.39 is 5.91 Å². The monoisotopic (exact) mass is 423 g/mol. The summed E-state index contributed by atoms with van der Waals surface area (Å²) in [5.41, 5.74) is 0.613. The predicted molar refractivity (Wildman–Crippen MR) is 111 cm³/mol. The van der Waals surface area contributed by atoms with Gasteiger partial charge in [-0.05, 0) is 44.5 Å². The van der Waals surface area contributed by atoms with Gasteiger partial charge >= 0.3 is 0 Å². The Morgan fingerprint density at radius 1 is 1.17 bits per heavy atom. The summed E-state index contributed by atoms with van der Waals surface area (Å²) in [7, 11) is 2.99. The van der Waals surface area contributed by atoms with Crippen LogP contribution in [0.3, 0.4) is 0 Å². The van der Waals surface area contributed by atoms with Gasteiger partial charge in [0.05, 0.1) is 31.7 Å². The molecular formula is C20H26ClN3O5. The topological polar surface area (TPSA) is 102 Å². The molecule has 1 fully saturated rings. The fourth-order valence-corrected chi connectivity index (χ4v) is 3.29. The molecule has 0 saturated carbocycles. The van der Waals surface area contributed by atoms with E-state index in [1.54, 1.807) is 24.3 Å². The Morgan fingerprint density at radius 3 is 2.52 bits per heavy atom. The van der Waals surface area contributed by atoms with Gasteiger partial charge in [-0.2, -0.15) is 0 Å². The Morgan fingerprint density at radius 2 is 1.90 bits per heavy atom.